The van der Waals surface area contributed by atoms with E-state index in [0.717, 1.165) is 5.56 Å². The summed E-state index contributed by atoms with van der Waals surface area (Å²) >= 11 is 0. The summed E-state index contributed by atoms with van der Waals surface area (Å²) in [5, 5.41) is 11.8. The van der Waals surface area contributed by atoms with Crippen molar-refractivity contribution in [3.05, 3.63) is 35.9 Å². The number of carbonyl (C=O) groups is 3. The smallest absolute Gasteiger partial charge is 0.317 e. The Bertz CT molecular complexity index is 620. The average molecular weight is 347 g/mol. The lowest BCUT2D eigenvalue weighted by molar-refractivity contribution is -0.137. The van der Waals surface area contributed by atoms with E-state index in [2.05, 4.69) is 5.32 Å². The van der Waals surface area contributed by atoms with Crippen molar-refractivity contribution in [2.24, 2.45) is 17.6 Å². The van der Waals surface area contributed by atoms with Gasteiger partial charge in [-0.1, -0.05) is 37.3 Å². The molecule has 7 nitrogen and oxygen atoms in total. The number of urea groups is 1. The Kier molecular flexibility index (Phi) is 6.38. The summed E-state index contributed by atoms with van der Waals surface area (Å²) in [7, 11) is 0. The third-order valence-corrected chi connectivity index (χ3v) is 4.62. The standard InChI is InChI=1S/C18H25N3O4/c1-12-10-21(11-15(12)17(19)24)18(25)20-14(7-8-16(22)23)9-13-5-3-2-4-6-13/h2-6,12,14-15H,7-11H2,1H3,(H2,19,24)(H,20,25)(H,22,23)/t12-,14?,15-/m1/s1. The Hall–Kier alpha value is -2.57. The monoisotopic (exact) mass is 347 g/mol. The highest BCUT2D eigenvalue weighted by atomic mass is 16.4. The molecule has 1 unspecified atom stereocenters. The van der Waals surface area contributed by atoms with Crippen LogP contribution in [0, 0.1) is 11.8 Å². The fraction of sp³-hybridized carbons (Fsp3) is 0.500. The minimum absolute atomic E-state index is 0.0158. The molecule has 1 aliphatic heterocycles. The molecule has 0 radical (unpaired) electrons. The van der Waals surface area contributed by atoms with E-state index in [4.69, 9.17) is 10.8 Å². The topological polar surface area (TPSA) is 113 Å². The predicted octanol–water partition coefficient (Wildman–Crippen LogP) is 1.23. The fourth-order valence-electron chi connectivity index (χ4n) is 3.19. The van der Waals surface area contributed by atoms with Crippen molar-refractivity contribution in [1.82, 2.24) is 10.2 Å². The second kappa shape index (κ2) is 8.50. The number of rotatable bonds is 7. The highest BCUT2D eigenvalue weighted by Gasteiger charge is 2.36. The molecule has 1 saturated heterocycles. The van der Waals surface area contributed by atoms with Crippen LogP contribution in [0.3, 0.4) is 0 Å². The van der Waals surface area contributed by atoms with E-state index in [0.29, 0.717) is 25.9 Å². The van der Waals surface area contributed by atoms with Crippen molar-refractivity contribution in [3.8, 4) is 0 Å². The molecular weight excluding hydrogens is 322 g/mol. The second-order valence-corrected chi connectivity index (χ2v) is 6.66. The van der Waals surface area contributed by atoms with Crippen LogP contribution >= 0.6 is 0 Å². The van der Waals surface area contributed by atoms with Crippen molar-refractivity contribution in [1.29, 1.82) is 0 Å². The average Bonchev–Trinajstić information content (AvgIpc) is 2.96. The summed E-state index contributed by atoms with van der Waals surface area (Å²) in [4.78, 5) is 36.4. The van der Waals surface area contributed by atoms with Crippen LogP contribution in [0.2, 0.25) is 0 Å². The highest BCUT2D eigenvalue weighted by molar-refractivity contribution is 5.80. The molecule has 0 aromatic heterocycles. The molecular formula is C18H25N3O4. The quantitative estimate of drug-likeness (QED) is 0.688. The number of benzene rings is 1. The zero-order valence-electron chi connectivity index (χ0n) is 14.4. The Morgan fingerprint density at radius 1 is 1.28 bits per heavy atom. The summed E-state index contributed by atoms with van der Waals surface area (Å²) in [6.45, 7) is 2.67. The normalized spacial score (nSPS) is 20.9. The molecule has 2 rings (SSSR count). The van der Waals surface area contributed by atoms with Crippen molar-refractivity contribution >= 4 is 17.9 Å². The summed E-state index contributed by atoms with van der Waals surface area (Å²) in [6.07, 6.45) is 0.888. The number of carboxylic acids is 1. The molecule has 1 fully saturated rings. The summed E-state index contributed by atoms with van der Waals surface area (Å²) < 4.78 is 0. The first-order valence-corrected chi connectivity index (χ1v) is 8.47. The third kappa shape index (κ3) is 5.48. The first kappa shape index (κ1) is 18.8. The van der Waals surface area contributed by atoms with Crippen LogP contribution in [0.15, 0.2) is 30.3 Å². The van der Waals surface area contributed by atoms with E-state index in [1.165, 1.54) is 0 Å². The van der Waals surface area contributed by atoms with E-state index in [-0.39, 0.29) is 30.3 Å². The van der Waals surface area contributed by atoms with E-state index in [1.54, 1.807) is 4.90 Å². The van der Waals surface area contributed by atoms with Gasteiger partial charge in [0.25, 0.3) is 0 Å². The van der Waals surface area contributed by atoms with Gasteiger partial charge in [0.15, 0.2) is 0 Å². The summed E-state index contributed by atoms with van der Waals surface area (Å²) in [6, 6.07) is 9.05. The Labute approximate surface area is 147 Å². The molecule has 1 heterocycles. The first-order chi connectivity index (χ1) is 11.9. The van der Waals surface area contributed by atoms with Crippen molar-refractivity contribution in [2.45, 2.75) is 32.2 Å². The molecule has 1 aliphatic rings. The number of primary amides is 1. The molecule has 0 aliphatic carbocycles. The first-order valence-electron chi connectivity index (χ1n) is 8.47. The van der Waals surface area contributed by atoms with Crippen LogP contribution < -0.4 is 11.1 Å². The van der Waals surface area contributed by atoms with E-state index in [9.17, 15) is 14.4 Å². The number of amides is 3. The number of likely N-dealkylation sites (tertiary alicyclic amines) is 1. The lowest BCUT2D eigenvalue weighted by Gasteiger charge is -2.23. The number of carbonyl (C=O) groups excluding carboxylic acids is 2. The lowest BCUT2D eigenvalue weighted by atomic mass is 9.98. The van der Waals surface area contributed by atoms with Crippen LogP contribution in [0.1, 0.15) is 25.3 Å². The molecule has 25 heavy (non-hydrogen) atoms. The number of aliphatic carboxylic acids is 1. The molecule has 0 saturated carbocycles. The van der Waals surface area contributed by atoms with Gasteiger partial charge in [-0.05, 0) is 24.3 Å². The second-order valence-electron chi connectivity index (χ2n) is 6.66. The van der Waals surface area contributed by atoms with Crippen molar-refractivity contribution in [2.75, 3.05) is 13.1 Å². The number of nitrogens with zero attached hydrogens (tertiary/aromatic N) is 1. The van der Waals surface area contributed by atoms with Gasteiger partial charge in [-0.15, -0.1) is 0 Å². The molecule has 3 atom stereocenters. The molecule has 7 heteroatoms. The van der Waals surface area contributed by atoms with Gasteiger partial charge in [0.1, 0.15) is 0 Å². The molecule has 1 aromatic carbocycles. The van der Waals surface area contributed by atoms with Crippen LogP contribution in [0.5, 0.6) is 0 Å². The van der Waals surface area contributed by atoms with Crippen LogP contribution in [0.4, 0.5) is 4.79 Å². The predicted molar refractivity (Wildman–Crippen MR) is 92.8 cm³/mol. The molecule has 3 amide bonds. The molecule has 0 spiro atoms. The zero-order valence-corrected chi connectivity index (χ0v) is 14.4. The molecule has 136 valence electrons. The maximum atomic E-state index is 12.5. The Balaban J connectivity index is 1.99. The number of nitrogens with one attached hydrogen (secondary N) is 1. The van der Waals surface area contributed by atoms with E-state index < -0.39 is 11.9 Å². The third-order valence-electron chi connectivity index (χ3n) is 4.62. The Morgan fingerprint density at radius 3 is 2.52 bits per heavy atom. The number of nitrogens with two attached hydrogens (primary N) is 1. The summed E-state index contributed by atoms with van der Waals surface area (Å²) in [5.74, 6) is -1.60. The van der Waals surface area contributed by atoms with Gasteiger partial charge in [-0.3, -0.25) is 9.59 Å². The van der Waals surface area contributed by atoms with E-state index >= 15 is 0 Å². The van der Waals surface area contributed by atoms with Gasteiger partial charge in [-0.2, -0.15) is 0 Å². The lowest BCUT2D eigenvalue weighted by Crippen LogP contribution is -2.45. The Morgan fingerprint density at radius 2 is 1.96 bits per heavy atom. The SMILES string of the molecule is C[C@@H]1CN(C(=O)NC(CCC(=O)O)Cc2ccccc2)C[C@H]1C(N)=O. The molecule has 0 bridgehead atoms. The van der Waals surface area contributed by atoms with Gasteiger partial charge in [0.2, 0.25) is 5.91 Å². The zero-order chi connectivity index (χ0) is 18.4. The van der Waals surface area contributed by atoms with Gasteiger partial charge in [-0.25, -0.2) is 4.79 Å². The van der Waals surface area contributed by atoms with Gasteiger partial charge >= 0.3 is 12.0 Å². The molecule has 4 N–H and O–H groups in total. The van der Waals surface area contributed by atoms with Crippen LogP contribution in [-0.2, 0) is 16.0 Å². The van der Waals surface area contributed by atoms with Crippen molar-refractivity contribution < 1.29 is 19.5 Å². The van der Waals surface area contributed by atoms with Crippen LogP contribution in [-0.4, -0.2) is 47.0 Å². The van der Waals surface area contributed by atoms with Gasteiger partial charge in [0, 0.05) is 25.6 Å². The van der Waals surface area contributed by atoms with Crippen LogP contribution in [0.25, 0.3) is 0 Å². The van der Waals surface area contributed by atoms with Crippen molar-refractivity contribution in [3.63, 3.8) is 0 Å². The number of hydrogen-bond donors (Lipinski definition) is 3. The maximum absolute atomic E-state index is 12.5. The van der Waals surface area contributed by atoms with Gasteiger partial charge in [0.05, 0.1) is 5.92 Å². The highest BCUT2D eigenvalue weighted by Crippen LogP contribution is 2.22. The minimum Gasteiger partial charge on any atom is -0.481 e. The van der Waals surface area contributed by atoms with Gasteiger partial charge < -0.3 is 21.1 Å². The molecule has 1 aromatic rings. The summed E-state index contributed by atoms with van der Waals surface area (Å²) in [5.41, 5.74) is 6.40. The fourth-order valence-corrected chi connectivity index (χ4v) is 3.19. The number of hydrogen-bond acceptors (Lipinski definition) is 3. The minimum atomic E-state index is -0.893. The number of carboxylic acid groups (broad SMARTS) is 1. The maximum Gasteiger partial charge on any atom is 0.317 e. The van der Waals surface area contributed by atoms with E-state index in [1.807, 2.05) is 37.3 Å². The largest absolute Gasteiger partial charge is 0.481 e.